The molecular formula is C12H25N3O. The summed E-state index contributed by atoms with van der Waals surface area (Å²) >= 11 is 0. The Hall–Kier alpha value is -0.610. The van der Waals surface area contributed by atoms with Crippen molar-refractivity contribution < 1.29 is 4.79 Å². The molecule has 0 aromatic heterocycles. The monoisotopic (exact) mass is 227 g/mol. The quantitative estimate of drug-likeness (QED) is 0.722. The molecule has 4 nitrogen and oxygen atoms in total. The molecule has 0 bridgehead atoms. The Morgan fingerprint density at radius 2 is 2.38 bits per heavy atom. The van der Waals surface area contributed by atoms with Crippen LogP contribution in [-0.2, 0) is 4.79 Å². The molecule has 0 radical (unpaired) electrons. The zero-order chi connectivity index (χ0) is 12.0. The molecule has 0 aromatic rings. The summed E-state index contributed by atoms with van der Waals surface area (Å²) in [6, 6.07) is 0.217. The highest BCUT2D eigenvalue weighted by atomic mass is 16.1. The van der Waals surface area contributed by atoms with Gasteiger partial charge in [-0.05, 0) is 32.2 Å². The number of nitrogens with two attached hydrogens (primary N) is 1. The molecule has 3 N–H and O–H groups in total. The fraction of sp³-hybridized carbons (Fsp3) is 0.917. The van der Waals surface area contributed by atoms with Gasteiger partial charge in [-0.25, -0.2) is 0 Å². The minimum absolute atomic E-state index is 0.121. The first-order valence-electron chi connectivity index (χ1n) is 6.38. The fourth-order valence-corrected chi connectivity index (χ4v) is 2.40. The van der Waals surface area contributed by atoms with Crippen LogP contribution in [-0.4, -0.2) is 43.0 Å². The molecule has 1 amide bonds. The molecule has 1 fully saturated rings. The third-order valence-electron chi connectivity index (χ3n) is 3.27. The zero-order valence-electron chi connectivity index (χ0n) is 10.5. The van der Waals surface area contributed by atoms with Crippen molar-refractivity contribution in [3.05, 3.63) is 0 Å². The number of nitrogens with one attached hydrogen (secondary N) is 1. The molecule has 0 aromatic carbocycles. The van der Waals surface area contributed by atoms with E-state index in [4.69, 9.17) is 5.73 Å². The lowest BCUT2D eigenvalue weighted by Crippen LogP contribution is -2.47. The number of nitrogens with zero attached hydrogens (tertiary/aromatic N) is 1. The Kier molecular flexibility index (Phi) is 5.77. The van der Waals surface area contributed by atoms with Crippen molar-refractivity contribution in [3.63, 3.8) is 0 Å². The van der Waals surface area contributed by atoms with Crippen LogP contribution in [0.2, 0.25) is 0 Å². The molecule has 1 saturated heterocycles. The fourth-order valence-electron chi connectivity index (χ4n) is 2.40. The highest BCUT2D eigenvalue weighted by molar-refractivity contribution is 5.76. The van der Waals surface area contributed by atoms with Gasteiger partial charge in [0.1, 0.15) is 0 Å². The molecule has 4 heteroatoms. The van der Waals surface area contributed by atoms with Crippen LogP contribution in [0.5, 0.6) is 0 Å². The number of piperidine rings is 1. The van der Waals surface area contributed by atoms with Crippen LogP contribution in [0.15, 0.2) is 0 Å². The van der Waals surface area contributed by atoms with E-state index >= 15 is 0 Å². The van der Waals surface area contributed by atoms with Crippen LogP contribution in [0.4, 0.5) is 0 Å². The van der Waals surface area contributed by atoms with Gasteiger partial charge in [0.2, 0.25) is 5.91 Å². The van der Waals surface area contributed by atoms with E-state index in [0.29, 0.717) is 19.5 Å². The van der Waals surface area contributed by atoms with E-state index in [1.807, 2.05) is 6.92 Å². The maximum atomic E-state index is 11.5. The van der Waals surface area contributed by atoms with E-state index in [1.54, 1.807) is 0 Å². The smallest absolute Gasteiger partial charge is 0.221 e. The van der Waals surface area contributed by atoms with Gasteiger partial charge in [0, 0.05) is 32.1 Å². The molecule has 1 heterocycles. The number of rotatable bonds is 5. The van der Waals surface area contributed by atoms with Crippen molar-refractivity contribution in [2.45, 2.75) is 39.2 Å². The second-order valence-electron chi connectivity index (χ2n) is 4.79. The van der Waals surface area contributed by atoms with Crippen LogP contribution in [0.1, 0.15) is 33.1 Å². The summed E-state index contributed by atoms with van der Waals surface area (Å²) in [7, 11) is 0. The summed E-state index contributed by atoms with van der Waals surface area (Å²) in [6.45, 7) is 7.66. The van der Waals surface area contributed by atoms with Crippen LogP contribution in [0.25, 0.3) is 0 Å². The molecule has 0 aliphatic carbocycles. The molecule has 0 spiro atoms. The van der Waals surface area contributed by atoms with E-state index in [1.165, 1.54) is 12.8 Å². The highest BCUT2D eigenvalue weighted by Gasteiger charge is 2.24. The molecule has 2 atom stereocenters. The number of amides is 1. The second-order valence-corrected chi connectivity index (χ2v) is 4.79. The molecular weight excluding hydrogens is 202 g/mol. The van der Waals surface area contributed by atoms with Crippen molar-refractivity contribution in [2.75, 3.05) is 26.2 Å². The van der Waals surface area contributed by atoms with Crippen LogP contribution in [0, 0.1) is 5.92 Å². The van der Waals surface area contributed by atoms with E-state index in [2.05, 4.69) is 17.1 Å². The van der Waals surface area contributed by atoms with Crippen molar-refractivity contribution in [3.8, 4) is 0 Å². The van der Waals surface area contributed by atoms with Gasteiger partial charge < -0.3 is 11.1 Å². The van der Waals surface area contributed by atoms with Gasteiger partial charge in [-0.15, -0.1) is 0 Å². The molecule has 16 heavy (non-hydrogen) atoms. The molecule has 1 rings (SSSR count). The molecule has 2 unspecified atom stereocenters. The summed E-state index contributed by atoms with van der Waals surface area (Å²) in [5, 5.41) is 2.84. The molecule has 94 valence electrons. The summed E-state index contributed by atoms with van der Waals surface area (Å²) in [5.41, 5.74) is 5.77. The summed E-state index contributed by atoms with van der Waals surface area (Å²) < 4.78 is 0. The number of carbonyl (C=O) groups is 1. The van der Waals surface area contributed by atoms with Crippen LogP contribution in [0.3, 0.4) is 0 Å². The van der Waals surface area contributed by atoms with Gasteiger partial charge in [-0.1, -0.05) is 6.92 Å². The third-order valence-corrected chi connectivity index (χ3v) is 3.27. The van der Waals surface area contributed by atoms with Crippen molar-refractivity contribution in [2.24, 2.45) is 11.7 Å². The largest absolute Gasteiger partial charge is 0.356 e. The van der Waals surface area contributed by atoms with Gasteiger partial charge >= 0.3 is 0 Å². The second kappa shape index (κ2) is 6.86. The lowest BCUT2D eigenvalue weighted by atomic mass is 9.98. The Bertz CT molecular complexity index is 220. The Labute approximate surface area is 98.6 Å². The van der Waals surface area contributed by atoms with Gasteiger partial charge in [-0.3, -0.25) is 9.69 Å². The third kappa shape index (κ3) is 4.10. The number of likely N-dealkylation sites (tertiary alicyclic amines) is 1. The first-order chi connectivity index (χ1) is 7.67. The first kappa shape index (κ1) is 13.5. The predicted molar refractivity (Wildman–Crippen MR) is 66.1 cm³/mol. The summed E-state index contributed by atoms with van der Waals surface area (Å²) in [5.74, 6) is 0.855. The first-order valence-corrected chi connectivity index (χ1v) is 6.38. The molecule has 1 aliphatic rings. The van der Waals surface area contributed by atoms with Crippen LogP contribution >= 0.6 is 0 Å². The Morgan fingerprint density at radius 3 is 2.94 bits per heavy atom. The minimum Gasteiger partial charge on any atom is -0.356 e. The van der Waals surface area contributed by atoms with Crippen molar-refractivity contribution in [1.82, 2.24) is 10.2 Å². The maximum Gasteiger partial charge on any atom is 0.221 e. The average Bonchev–Trinajstić information content (AvgIpc) is 2.26. The van der Waals surface area contributed by atoms with Gasteiger partial charge in [-0.2, -0.15) is 0 Å². The van der Waals surface area contributed by atoms with Gasteiger partial charge in [0.25, 0.3) is 0 Å². The lowest BCUT2D eigenvalue weighted by Gasteiger charge is -2.36. The van der Waals surface area contributed by atoms with E-state index < -0.39 is 0 Å². The predicted octanol–water partition coefficient (Wildman–Crippen LogP) is 0.572. The Balaban J connectivity index is 2.43. The van der Waals surface area contributed by atoms with E-state index in [9.17, 15) is 4.79 Å². The topological polar surface area (TPSA) is 58.4 Å². The standard InChI is InChI=1S/C12H25N3O/c1-3-14-12(16)7-11(8-13)15-6-4-5-10(2)9-15/h10-11H,3-9,13H2,1-2H3,(H,14,16). The number of hydrogen-bond acceptors (Lipinski definition) is 3. The highest BCUT2D eigenvalue weighted by Crippen LogP contribution is 2.18. The normalized spacial score (nSPS) is 24.1. The van der Waals surface area contributed by atoms with Crippen molar-refractivity contribution >= 4 is 5.91 Å². The SMILES string of the molecule is CCNC(=O)CC(CN)N1CCCC(C)C1. The molecule has 0 saturated carbocycles. The van der Waals surface area contributed by atoms with Crippen molar-refractivity contribution in [1.29, 1.82) is 0 Å². The Morgan fingerprint density at radius 1 is 1.62 bits per heavy atom. The van der Waals surface area contributed by atoms with Crippen LogP contribution < -0.4 is 11.1 Å². The summed E-state index contributed by atoms with van der Waals surface area (Å²) in [4.78, 5) is 13.9. The number of hydrogen-bond donors (Lipinski definition) is 2. The van der Waals surface area contributed by atoms with E-state index in [-0.39, 0.29) is 11.9 Å². The zero-order valence-corrected chi connectivity index (χ0v) is 10.5. The average molecular weight is 227 g/mol. The van der Waals surface area contributed by atoms with Gasteiger partial charge in [0.05, 0.1) is 0 Å². The number of carbonyl (C=O) groups excluding carboxylic acids is 1. The maximum absolute atomic E-state index is 11.5. The minimum atomic E-state index is 0.121. The summed E-state index contributed by atoms with van der Waals surface area (Å²) in [6.07, 6.45) is 3.07. The van der Waals surface area contributed by atoms with Gasteiger partial charge in [0.15, 0.2) is 0 Å². The lowest BCUT2D eigenvalue weighted by molar-refractivity contribution is -0.122. The molecule has 1 aliphatic heterocycles. The van der Waals surface area contributed by atoms with E-state index in [0.717, 1.165) is 19.0 Å².